The van der Waals surface area contributed by atoms with Crippen molar-refractivity contribution in [3.05, 3.63) is 51.2 Å². The Bertz CT molecular complexity index is 950. The fourth-order valence-corrected chi connectivity index (χ4v) is 4.85. The molecule has 0 unspecified atom stereocenters. The van der Waals surface area contributed by atoms with Crippen molar-refractivity contribution in [3.8, 4) is 0 Å². The zero-order valence-electron chi connectivity index (χ0n) is 15.8. The standard InChI is InChI=1S/C21H23N3O2S/c1-13-19-20(14(2)27-13)24(17-7-5-4-6-16(17)22-21(19)26)18(25)12-15-8-10-23(3)11-9-15/h4-7,12H,8-11H2,1-3H3,(H,22,26). The van der Waals surface area contributed by atoms with Crippen molar-refractivity contribution in [2.24, 2.45) is 0 Å². The lowest BCUT2D eigenvalue weighted by atomic mass is 10.0. The minimum absolute atomic E-state index is 0.0827. The maximum atomic E-state index is 13.4. The van der Waals surface area contributed by atoms with E-state index in [1.807, 2.05) is 38.1 Å². The van der Waals surface area contributed by atoms with Gasteiger partial charge in [0.15, 0.2) is 0 Å². The second kappa shape index (κ2) is 6.94. The molecule has 0 bridgehead atoms. The summed E-state index contributed by atoms with van der Waals surface area (Å²) >= 11 is 1.56. The minimum atomic E-state index is -0.151. The van der Waals surface area contributed by atoms with Crippen molar-refractivity contribution in [2.45, 2.75) is 26.7 Å². The van der Waals surface area contributed by atoms with Gasteiger partial charge in [-0.1, -0.05) is 17.7 Å². The van der Waals surface area contributed by atoms with Crippen LogP contribution in [0.3, 0.4) is 0 Å². The predicted octanol–water partition coefficient (Wildman–Crippen LogP) is 4.25. The molecule has 4 rings (SSSR count). The minimum Gasteiger partial charge on any atom is -0.320 e. The van der Waals surface area contributed by atoms with Crippen LogP contribution in [0.1, 0.15) is 33.0 Å². The van der Waals surface area contributed by atoms with Crippen molar-refractivity contribution < 1.29 is 9.59 Å². The molecule has 2 amide bonds. The van der Waals surface area contributed by atoms with Gasteiger partial charge in [0.1, 0.15) is 0 Å². The van der Waals surface area contributed by atoms with Gasteiger partial charge >= 0.3 is 0 Å². The molecular formula is C21H23N3O2S. The van der Waals surface area contributed by atoms with E-state index in [1.54, 1.807) is 22.3 Å². The molecule has 0 radical (unpaired) electrons. The van der Waals surface area contributed by atoms with Crippen LogP contribution >= 0.6 is 11.3 Å². The normalized spacial score (nSPS) is 17.1. The fourth-order valence-electron chi connectivity index (χ4n) is 3.81. The van der Waals surface area contributed by atoms with Gasteiger partial charge in [-0.3, -0.25) is 14.5 Å². The molecule has 1 fully saturated rings. The van der Waals surface area contributed by atoms with Crippen LogP contribution in [0.2, 0.25) is 0 Å². The molecule has 3 heterocycles. The zero-order chi connectivity index (χ0) is 19.1. The summed E-state index contributed by atoms with van der Waals surface area (Å²) in [7, 11) is 2.10. The van der Waals surface area contributed by atoms with E-state index < -0.39 is 0 Å². The van der Waals surface area contributed by atoms with Gasteiger partial charge in [0.05, 0.1) is 22.6 Å². The number of anilines is 3. The number of fused-ring (bicyclic) bond motifs is 2. The number of thiophene rings is 1. The number of benzene rings is 1. The molecule has 5 nitrogen and oxygen atoms in total. The topological polar surface area (TPSA) is 52.7 Å². The molecule has 1 aromatic heterocycles. The average Bonchev–Trinajstić information content (AvgIpc) is 2.84. The predicted molar refractivity (Wildman–Crippen MR) is 110 cm³/mol. The number of rotatable bonds is 1. The Hall–Kier alpha value is -2.44. The van der Waals surface area contributed by atoms with Crippen LogP contribution in [-0.2, 0) is 4.79 Å². The molecule has 2 aliphatic rings. The summed E-state index contributed by atoms with van der Waals surface area (Å²) in [6, 6.07) is 7.50. The Balaban J connectivity index is 1.84. The quantitative estimate of drug-likeness (QED) is 0.752. The molecule has 0 atom stereocenters. The number of piperidine rings is 1. The summed E-state index contributed by atoms with van der Waals surface area (Å²) in [5.41, 5.74) is 3.88. The number of aryl methyl sites for hydroxylation is 2. The van der Waals surface area contributed by atoms with Gasteiger partial charge in [-0.2, -0.15) is 0 Å². The molecule has 0 aliphatic carbocycles. The van der Waals surface area contributed by atoms with E-state index in [2.05, 4.69) is 17.3 Å². The molecule has 2 aliphatic heterocycles. The molecule has 0 saturated carbocycles. The largest absolute Gasteiger partial charge is 0.320 e. The third-order valence-electron chi connectivity index (χ3n) is 5.25. The second-order valence-electron chi connectivity index (χ2n) is 7.19. The molecule has 1 aromatic carbocycles. The van der Waals surface area contributed by atoms with Gasteiger partial charge in [-0.25, -0.2) is 0 Å². The van der Waals surface area contributed by atoms with Gasteiger partial charge in [0.25, 0.3) is 11.8 Å². The molecule has 6 heteroatoms. The van der Waals surface area contributed by atoms with Gasteiger partial charge < -0.3 is 10.2 Å². The van der Waals surface area contributed by atoms with Crippen LogP contribution in [-0.4, -0.2) is 36.9 Å². The smallest absolute Gasteiger partial charge is 0.258 e. The van der Waals surface area contributed by atoms with Crippen molar-refractivity contribution >= 4 is 40.2 Å². The number of para-hydroxylation sites is 2. The molecule has 2 aromatic rings. The average molecular weight is 382 g/mol. The van der Waals surface area contributed by atoms with E-state index in [4.69, 9.17) is 0 Å². The summed E-state index contributed by atoms with van der Waals surface area (Å²) in [5, 5.41) is 2.97. The SMILES string of the molecule is Cc1sc(C)c2c1C(=O)Nc1ccccc1N2C(=O)C=C1CCN(C)CC1. The fraction of sp³-hybridized carbons (Fsp3) is 0.333. The third kappa shape index (κ3) is 3.19. The van der Waals surface area contributed by atoms with E-state index in [9.17, 15) is 9.59 Å². The van der Waals surface area contributed by atoms with Crippen molar-refractivity contribution in [2.75, 3.05) is 30.4 Å². The third-order valence-corrected chi connectivity index (χ3v) is 6.26. The highest BCUT2D eigenvalue weighted by Crippen LogP contribution is 2.44. The van der Waals surface area contributed by atoms with Crippen LogP contribution in [0.15, 0.2) is 35.9 Å². The van der Waals surface area contributed by atoms with Gasteiger partial charge in [-0.15, -0.1) is 11.3 Å². The summed E-state index contributed by atoms with van der Waals surface area (Å²) in [6.07, 6.45) is 3.59. The van der Waals surface area contributed by atoms with E-state index in [-0.39, 0.29) is 11.8 Å². The first-order valence-corrected chi connectivity index (χ1v) is 10.00. The number of carbonyl (C=O) groups excluding carboxylic acids is 2. The number of amides is 2. The molecular weight excluding hydrogens is 358 g/mol. The highest BCUT2D eigenvalue weighted by atomic mass is 32.1. The number of likely N-dealkylation sites (tertiary alicyclic amines) is 1. The number of nitrogens with zero attached hydrogens (tertiary/aromatic N) is 2. The number of hydrogen-bond acceptors (Lipinski definition) is 4. The van der Waals surface area contributed by atoms with Gasteiger partial charge in [0, 0.05) is 28.9 Å². The summed E-state index contributed by atoms with van der Waals surface area (Å²) < 4.78 is 0. The Labute approximate surface area is 163 Å². The monoisotopic (exact) mass is 381 g/mol. The lowest BCUT2D eigenvalue weighted by molar-refractivity contribution is -0.113. The van der Waals surface area contributed by atoms with Crippen LogP contribution < -0.4 is 10.2 Å². The Morgan fingerprint density at radius 3 is 2.59 bits per heavy atom. The number of hydrogen-bond donors (Lipinski definition) is 1. The highest BCUT2D eigenvalue weighted by Gasteiger charge is 2.33. The van der Waals surface area contributed by atoms with E-state index in [0.29, 0.717) is 11.3 Å². The Morgan fingerprint density at radius 1 is 1.15 bits per heavy atom. The van der Waals surface area contributed by atoms with Crippen molar-refractivity contribution in [3.63, 3.8) is 0 Å². The summed E-state index contributed by atoms with van der Waals surface area (Å²) in [5.74, 6) is -0.234. The van der Waals surface area contributed by atoms with E-state index in [1.165, 1.54) is 5.57 Å². The first-order valence-electron chi connectivity index (χ1n) is 9.18. The van der Waals surface area contributed by atoms with Crippen LogP contribution in [0, 0.1) is 13.8 Å². The second-order valence-corrected chi connectivity index (χ2v) is 8.62. The summed E-state index contributed by atoms with van der Waals surface area (Å²) in [6.45, 7) is 5.85. The maximum Gasteiger partial charge on any atom is 0.258 e. The van der Waals surface area contributed by atoms with Crippen molar-refractivity contribution in [1.82, 2.24) is 4.90 Å². The molecule has 0 spiro atoms. The molecule has 1 N–H and O–H groups in total. The zero-order valence-corrected chi connectivity index (χ0v) is 16.7. The first kappa shape index (κ1) is 17.9. The lowest BCUT2D eigenvalue weighted by Crippen LogP contribution is -2.29. The Kier molecular flexibility index (Phi) is 4.61. The lowest BCUT2D eigenvalue weighted by Gasteiger charge is -2.26. The first-order chi connectivity index (χ1) is 13.0. The van der Waals surface area contributed by atoms with Crippen molar-refractivity contribution in [1.29, 1.82) is 0 Å². The van der Waals surface area contributed by atoms with E-state index in [0.717, 1.165) is 47.1 Å². The number of nitrogens with one attached hydrogen (secondary N) is 1. The van der Waals surface area contributed by atoms with Gasteiger partial charge in [-0.05, 0) is 45.9 Å². The molecule has 140 valence electrons. The highest BCUT2D eigenvalue weighted by molar-refractivity contribution is 7.13. The molecule has 27 heavy (non-hydrogen) atoms. The number of carbonyl (C=O) groups is 2. The van der Waals surface area contributed by atoms with Crippen LogP contribution in [0.25, 0.3) is 0 Å². The van der Waals surface area contributed by atoms with Gasteiger partial charge in [0.2, 0.25) is 0 Å². The summed E-state index contributed by atoms with van der Waals surface area (Å²) in [4.78, 5) is 32.1. The van der Waals surface area contributed by atoms with Crippen LogP contribution in [0.4, 0.5) is 17.1 Å². The van der Waals surface area contributed by atoms with E-state index >= 15 is 0 Å². The van der Waals surface area contributed by atoms with Crippen LogP contribution in [0.5, 0.6) is 0 Å². The Morgan fingerprint density at radius 2 is 1.85 bits per heavy atom. The maximum absolute atomic E-state index is 13.4. The molecule has 1 saturated heterocycles.